The van der Waals surface area contributed by atoms with E-state index in [-0.39, 0.29) is 6.04 Å². The summed E-state index contributed by atoms with van der Waals surface area (Å²) in [6.45, 7) is 5.38. The number of phenolic OH excluding ortho intramolecular Hbond substituents is 1. The number of benzene rings is 3. The van der Waals surface area contributed by atoms with Gasteiger partial charge in [0.1, 0.15) is 5.75 Å². The predicted octanol–water partition coefficient (Wildman–Crippen LogP) is 4.69. The number of nitrogens with zero attached hydrogens (tertiary/aromatic N) is 1. The van der Waals surface area contributed by atoms with Crippen molar-refractivity contribution in [3.63, 3.8) is 0 Å². The molecule has 1 heterocycles. The first-order valence-corrected chi connectivity index (χ1v) is 11.2. The summed E-state index contributed by atoms with van der Waals surface area (Å²) in [6, 6.07) is 27.1. The van der Waals surface area contributed by atoms with Crippen LogP contribution in [0.1, 0.15) is 34.7 Å². The molecule has 3 aromatic rings. The summed E-state index contributed by atoms with van der Waals surface area (Å²) < 4.78 is 5.46. The zero-order valence-corrected chi connectivity index (χ0v) is 18.0. The van der Waals surface area contributed by atoms with Crippen LogP contribution in [0.4, 0.5) is 0 Å². The number of morpholine rings is 1. The molecule has 4 nitrogen and oxygen atoms in total. The van der Waals surface area contributed by atoms with E-state index < -0.39 is 0 Å². The largest absolute Gasteiger partial charge is 0.508 e. The van der Waals surface area contributed by atoms with Crippen molar-refractivity contribution >= 4 is 0 Å². The molecule has 162 valence electrons. The van der Waals surface area contributed by atoms with Gasteiger partial charge in [0.2, 0.25) is 0 Å². The Balaban J connectivity index is 1.42. The van der Waals surface area contributed by atoms with E-state index in [1.165, 1.54) is 16.7 Å². The Kier molecular flexibility index (Phi) is 7.72. The van der Waals surface area contributed by atoms with Crippen molar-refractivity contribution in [2.75, 3.05) is 26.3 Å². The van der Waals surface area contributed by atoms with E-state index in [1.807, 2.05) is 24.3 Å². The highest BCUT2D eigenvalue weighted by molar-refractivity contribution is 5.35. The molecular formula is C27H32N2O2. The molecule has 1 fully saturated rings. The molecular weight excluding hydrogens is 384 g/mol. The van der Waals surface area contributed by atoms with Crippen LogP contribution >= 0.6 is 0 Å². The third-order valence-electron chi connectivity index (χ3n) is 5.93. The van der Waals surface area contributed by atoms with Crippen LogP contribution in [0.25, 0.3) is 0 Å². The van der Waals surface area contributed by atoms with Crippen LogP contribution in [-0.4, -0.2) is 36.3 Å². The number of rotatable bonds is 9. The number of nitrogens with one attached hydrogen (secondary N) is 1. The van der Waals surface area contributed by atoms with Gasteiger partial charge in [0, 0.05) is 37.8 Å². The monoisotopic (exact) mass is 416 g/mol. The average Bonchev–Trinajstić information content (AvgIpc) is 2.81. The van der Waals surface area contributed by atoms with Gasteiger partial charge in [0.05, 0.1) is 13.2 Å². The van der Waals surface area contributed by atoms with Gasteiger partial charge in [-0.25, -0.2) is 0 Å². The Morgan fingerprint density at radius 3 is 2.35 bits per heavy atom. The summed E-state index contributed by atoms with van der Waals surface area (Å²) in [5, 5.41) is 14.1. The highest BCUT2D eigenvalue weighted by Crippen LogP contribution is 2.27. The maximum Gasteiger partial charge on any atom is 0.120 e. The Morgan fingerprint density at radius 2 is 1.55 bits per heavy atom. The first-order chi connectivity index (χ1) is 15.3. The first-order valence-electron chi connectivity index (χ1n) is 11.2. The second-order valence-corrected chi connectivity index (χ2v) is 8.23. The molecule has 4 heteroatoms. The molecule has 1 aliphatic heterocycles. The van der Waals surface area contributed by atoms with Crippen LogP contribution in [0.15, 0.2) is 78.9 Å². The summed E-state index contributed by atoms with van der Waals surface area (Å²) >= 11 is 0. The van der Waals surface area contributed by atoms with Gasteiger partial charge in [0.15, 0.2) is 0 Å². The molecule has 31 heavy (non-hydrogen) atoms. The number of phenols is 1. The Hall–Kier alpha value is -2.66. The lowest BCUT2D eigenvalue weighted by atomic mass is 9.97. The fraction of sp³-hybridized carbons (Fsp3) is 0.333. The molecule has 4 rings (SSSR count). The second-order valence-electron chi connectivity index (χ2n) is 8.23. The van der Waals surface area contributed by atoms with E-state index in [1.54, 1.807) is 6.07 Å². The van der Waals surface area contributed by atoms with E-state index in [9.17, 15) is 5.11 Å². The number of ether oxygens (including phenoxy) is 1. The maximum absolute atomic E-state index is 10.4. The topological polar surface area (TPSA) is 44.7 Å². The number of hydrogen-bond acceptors (Lipinski definition) is 4. The third kappa shape index (κ3) is 6.41. The molecule has 1 atom stereocenters. The highest BCUT2D eigenvalue weighted by Gasteiger charge is 2.15. The van der Waals surface area contributed by atoms with E-state index >= 15 is 0 Å². The fourth-order valence-corrected chi connectivity index (χ4v) is 4.20. The van der Waals surface area contributed by atoms with Crippen molar-refractivity contribution in [3.8, 4) is 5.75 Å². The van der Waals surface area contributed by atoms with Crippen molar-refractivity contribution in [2.24, 2.45) is 0 Å². The van der Waals surface area contributed by atoms with Gasteiger partial charge in [-0.2, -0.15) is 0 Å². The van der Waals surface area contributed by atoms with Crippen LogP contribution in [0.3, 0.4) is 0 Å². The van der Waals surface area contributed by atoms with Crippen molar-refractivity contribution in [3.05, 3.63) is 101 Å². The SMILES string of the molecule is Oc1ccccc1[C@@H](CCc1ccccc1)NCc1cccc(CN2CCOCC2)c1. The van der Waals surface area contributed by atoms with Crippen LogP contribution in [0.2, 0.25) is 0 Å². The zero-order chi connectivity index (χ0) is 21.3. The Morgan fingerprint density at radius 1 is 0.839 bits per heavy atom. The molecule has 0 unspecified atom stereocenters. The molecule has 0 aromatic heterocycles. The predicted molar refractivity (Wildman–Crippen MR) is 125 cm³/mol. The number of aromatic hydroxyl groups is 1. The van der Waals surface area contributed by atoms with Crippen molar-refractivity contribution in [1.29, 1.82) is 0 Å². The molecule has 0 saturated carbocycles. The summed E-state index contributed by atoms with van der Waals surface area (Å²) in [7, 11) is 0. The average molecular weight is 417 g/mol. The molecule has 0 bridgehead atoms. The molecule has 3 aromatic carbocycles. The molecule has 1 saturated heterocycles. The van der Waals surface area contributed by atoms with Gasteiger partial charge in [-0.1, -0.05) is 72.8 Å². The molecule has 0 aliphatic carbocycles. The van der Waals surface area contributed by atoms with Crippen LogP contribution < -0.4 is 5.32 Å². The highest BCUT2D eigenvalue weighted by atomic mass is 16.5. The Bertz CT molecular complexity index is 939. The van der Waals surface area contributed by atoms with Crippen LogP contribution in [0.5, 0.6) is 5.75 Å². The van der Waals surface area contributed by atoms with Crippen LogP contribution in [-0.2, 0) is 24.2 Å². The summed E-state index contributed by atoms with van der Waals surface area (Å²) in [5.41, 5.74) is 4.88. The van der Waals surface area contributed by atoms with Crippen LogP contribution in [0, 0.1) is 0 Å². The summed E-state index contributed by atoms with van der Waals surface area (Å²) in [5.74, 6) is 0.356. The zero-order valence-electron chi connectivity index (χ0n) is 18.0. The lowest BCUT2D eigenvalue weighted by molar-refractivity contribution is 0.0342. The maximum atomic E-state index is 10.4. The van der Waals surface area contributed by atoms with E-state index in [4.69, 9.17) is 4.74 Å². The fourth-order valence-electron chi connectivity index (χ4n) is 4.20. The van der Waals surface area contributed by atoms with Gasteiger partial charge < -0.3 is 15.2 Å². The molecule has 2 N–H and O–H groups in total. The van der Waals surface area contributed by atoms with E-state index in [2.05, 4.69) is 58.7 Å². The summed E-state index contributed by atoms with van der Waals surface area (Å²) in [6.07, 6.45) is 1.89. The lowest BCUT2D eigenvalue weighted by Gasteiger charge is -2.26. The molecule has 0 radical (unpaired) electrons. The number of hydrogen-bond donors (Lipinski definition) is 2. The van der Waals surface area contributed by atoms with Crippen molar-refractivity contribution < 1.29 is 9.84 Å². The van der Waals surface area contributed by atoms with Gasteiger partial charge in [-0.05, 0) is 35.6 Å². The van der Waals surface area contributed by atoms with Gasteiger partial charge in [0.25, 0.3) is 0 Å². The second kappa shape index (κ2) is 11.1. The first kappa shape index (κ1) is 21.6. The Labute approximate surface area is 185 Å². The lowest BCUT2D eigenvalue weighted by Crippen LogP contribution is -2.35. The minimum absolute atomic E-state index is 0.0873. The minimum Gasteiger partial charge on any atom is -0.508 e. The number of para-hydroxylation sites is 1. The van der Waals surface area contributed by atoms with Gasteiger partial charge in [-0.3, -0.25) is 4.90 Å². The van der Waals surface area contributed by atoms with Crippen molar-refractivity contribution in [1.82, 2.24) is 10.2 Å². The quantitative estimate of drug-likeness (QED) is 0.531. The van der Waals surface area contributed by atoms with Crippen molar-refractivity contribution in [2.45, 2.75) is 32.0 Å². The normalized spacial score (nSPS) is 15.6. The summed E-state index contributed by atoms with van der Waals surface area (Å²) in [4.78, 5) is 2.45. The van der Waals surface area contributed by atoms with E-state index in [0.29, 0.717) is 5.75 Å². The molecule has 0 spiro atoms. The number of aryl methyl sites for hydroxylation is 1. The molecule has 0 amide bonds. The molecule has 1 aliphatic rings. The standard InChI is InChI=1S/C27H32N2O2/c30-27-12-5-4-11-25(27)26(14-13-22-7-2-1-3-8-22)28-20-23-9-6-10-24(19-23)21-29-15-17-31-18-16-29/h1-12,19,26,28,30H,13-18,20-21H2/t26-/m1/s1. The third-order valence-corrected chi connectivity index (χ3v) is 5.93. The van der Waals surface area contributed by atoms with Gasteiger partial charge >= 0.3 is 0 Å². The van der Waals surface area contributed by atoms with Gasteiger partial charge in [-0.15, -0.1) is 0 Å². The van der Waals surface area contributed by atoms with E-state index in [0.717, 1.165) is 57.8 Å². The smallest absolute Gasteiger partial charge is 0.120 e. The minimum atomic E-state index is 0.0873.